The van der Waals surface area contributed by atoms with Gasteiger partial charge in [0.25, 0.3) is 0 Å². The number of nitrogens with two attached hydrogens (primary N) is 1. The predicted molar refractivity (Wildman–Crippen MR) is 84.9 cm³/mol. The van der Waals surface area contributed by atoms with Crippen LogP contribution < -0.4 is 10.6 Å². The molecule has 0 atom stereocenters. The SMILES string of the molecule is CC(C)(C)OC(=O)N1CCN(c2ccc(C(N)=O)cc2F)CC1. The molecule has 1 aliphatic rings. The van der Waals surface area contributed by atoms with Crippen LogP contribution in [0.4, 0.5) is 14.9 Å². The van der Waals surface area contributed by atoms with E-state index in [1.54, 1.807) is 11.0 Å². The molecule has 2 N–H and O–H groups in total. The van der Waals surface area contributed by atoms with Crippen molar-refractivity contribution in [3.05, 3.63) is 29.6 Å². The monoisotopic (exact) mass is 323 g/mol. The molecule has 126 valence electrons. The van der Waals surface area contributed by atoms with E-state index in [0.29, 0.717) is 31.9 Å². The predicted octanol–water partition coefficient (Wildman–Crippen LogP) is 1.98. The lowest BCUT2D eigenvalue weighted by molar-refractivity contribution is 0.0240. The van der Waals surface area contributed by atoms with Gasteiger partial charge in [0.1, 0.15) is 11.4 Å². The first-order chi connectivity index (χ1) is 10.7. The van der Waals surface area contributed by atoms with Crippen LogP contribution in [0.1, 0.15) is 31.1 Å². The van der Waals surface area contributed by atoms with Crippen molar-refractivity contribution in [2.45, 2.75) is 26.4 Å². The van der Waals surface area contributed by atoms with Crippen molar-refractivity contribution in [1.82, 2.24) is 4.90 Å². The third kappa shape index (κ3) is 4.34. The molecular formula is C16H22FN3O3. The minimum Gasteiger partial charge on any atom is -0.444 e. The molecule has 0 aromatic heterocycles. The quantitative estimate of drug-likeness (QED) is 0.903. The molecule has 1 aliphatic heterocycles. The van der Waals surface area contributed by atoms with Crippen molar-refractivity contribution < 1.29 is 18.7 Å². The molecule has 1 aromatic carbocycles. The minimum atomic E-state index is -0.662. The highest BCUT2D eigenvalue weighted by Gasteiger charge is 2.26. The number of anilines is 1. The number of amides is 2. The van der Waals surface area contributed by atoms with Gasteiger partial charge < -0.3 is 20.3 Å². The van der Waals surface area contributed by atoms with Gasteiger partial charge in [-0.05, 0) is 39.0 Å². The number of primary amides is 1. The van der Waals surface area contributed by atoms with Gasteiger partial charge in [-0.25, -0.2) is 9.18 Å². The number of ether oxygens (including phenoxy) is 1. The Morgan fingerprint density at radius 2 is 1.78 bits per heavy atom. The number of carbonyl (C=O) groups is 2. The van der Waals surface area contributed by atoms with Gasteiger partial charge in [-0.3, -0.25) is 4.79 Å². The topological polar surface area (TPSA) is 75.9 Å². The van der Waals surface area contributed by atoms with Crippen LogP contribution in [0.15, 0.2) is 18.2 Å². The van der Waals surface area contributed by atoms with E-state index in [-0.39, 0.29) is 11.7 Å². The van der Waals surface area contributed by atoms with E-state index in [0.717, 1.165) is 6.07 Å². The minimum absolute atomic E-state index is 0.138. The highest BCUT2D eigenvalue weighted by Crippen LogP contribution is 2.22. The van der Waals surface area contributed by atoms with Crippen LogP contribution in [0.3, 0.4) is 0 Å². The van der Waals surface area contributed by atoms with Crippen LogP contribution >= 0.6 is 0 Å². The molecule has 0 saturated carbocycles. The second kappa shape index (κ2) is 6.44. The fourth-order valence-corrected chi connectivity index (χ4v) is 2.37. The zero-order valence-electron chi connectivity index (χ0n) is 13.6. The van der Waals surface area contributed by atoms with Gasteiger partial charge in [0.05, 0.1) is 5.69 Å². The third-order valence-corrected chi connectivity index (χ3v) is 3.50. The lowest BCUT2D eigenvalue weighted by Gasteiger charge is -2.36. The number of hydrogen-bond acceptors (Lipinski definition) is 4. The van der Waals surface area contributed by atoms with Gasteiger partial charge in [0, 0.05) is 31.7 Å². The summed E-state index contributed by atoms with van der Waals surface area (Å²) < 4.78 is 19.4. The van der Waals surface area contributed by atoms with Gasteiger partial charge in [-0.15, -0.1) is 0 Å². The molecule has 0 aliphatic carbocycles. The summed E-state index contributed by atoms with van der Waals surface area (Å²) in [5, 5.41) is 0. The van der Waals surface area contributed by atoms with Gasteiger partial charge in [0.15, 0.2) is 0 Å². The molecule has 23 heavy (non-hydrogen) atoms. The van der Waals surface area contributed by atoms with E-state index < -0.39 is 17.3 Å². The van der Waals surface area contributed by atoms with Crippen LogP contribution in [0, 0.1) is 5.82 Å². The zero-order chi connectivity index (χ0) is 17.2. The number of carbonyl (C=O) groups excluding carboxylic acids is 2. The highest BCUT2D eigenvalue weighted by atomic mass is 19.1. The Kier molecular flexibility index (Phi) is 4.77. The summed E-state index contributed by atoms with van der Waals surface area (Å²) in [5.74, 6) is -1.16. The molecule has 1 saturated heterocycles. The van der Waals surface area contributed by atoms with Crippen molar-refractivity contribution in [2.75, 3.05) is 31.1 Å². The van der Waals surface area contributed by atoms with Crippen molar-refractivity contribution in [3.8, 4) is 0 Å². The largest absolute Gasteiger partial charge is 0.444 e. The van der Waals surface area contributed by atoms with Crippen LogP contribution in [0.2, 0.25) is 0 Å². The summed E-state index contributed by atoms with van der Waals surface area (Å²) in [4.78, 5) is 26.5. The fourth-order valence-electron chi connectivity index (χ4n) is 2.37. The van der Waals surface area contributed by atoms with Crippen molar-refractivity contribution in [2.24, 2.45) is 5.73 Å². The Labute approximate surface area is 135 Å². The summed E-state index contributed by atoms with van der Waals surface area (Å²) in [5.41, 5.74) is 5.14. The van der Waals surface area contributed by atoms with Crippen molar-refractivity contribution in [3.63, 3.8) is 0 Å². The normalized spacial score (nSPS) is 15.5. The maximum Gasteiger partial charge on any atom is 0.410 e. The molecule has 0 radical (unpaired) electrons. The maximum atomic E-state index is 14.1. The van der Waals surface area contributed by atoms with E-state index in [9.17, 15) is 14.0 Å². The van der Waals surface area contributed by atoms with Crippen molar-refractivity contribution in [1.29, 1.82) is 0 Å². The first-order valence-electron chi connectivity index (χ1n) is 7.49. The zero-order valence-corrected chi connectivity index (χ0v) is 13.6. The van der Waals surface area contributed by atoms with Crippen LogP contribution in [-0.4, -0.2) is 48.7 Å². The summed E-state index contributed by atoms with van der Waals surface area (Å²) in [7, 11) is 0. The summed E-state index contributed by atoms with van der Waals surface area (Å²) in [6.07, 6.45) is -0.360. The first-order valence-corrected chi connectivity index (χ1v) is 7.49. The lowest BCUT2D eigenvalue weighted by atomic mass is 10.1. The molecule has 2 amide bonds. The van der Waals surface area contributed by atoms with Gasteiger partial charge >= 0.3 is 6.09 Å². The Morgan fingerprint density at radius 1 is 1.17 bits per heavy atom. The summed E-state index contributed by atoms with van der Waals surface area (Å²) in [6, 6.07) is 4.18. The average molecular weight is 323 g/mol. The number of hydrogen-bond donors (Lipinski definition) is 1. The maximum absolute atomic E-state index is 14.1. The third-order valence-electron chi connectivity index (χ3n) is 3.50. The van der Waals surface area contributed by atoms with E-state index in [2.05, 4.69) is 0 Å². The smallest absolute Gasteiger partial charge is 0.410 e. The van der Waals surface area contributed by atoms with Gasteiger partial charge in [0.2, 0.25) is 5.91 Å². The van der Waals surface area contributed by atoms with E-state index in [1.807, 2.05) is 25.7 Å². The summed E-state index contributed by atoms with van der Waals surface area (Å²) >= 11 is 0. The lowest BCUT2D eigenvalue weighted by Crippen LogP contribution is -2.50. The van der Waals surface area contributed by atoms with E-state index in [4.69, 9.17) is 10.5 Å². The van der Waals surface area contributed by atoms with Crippen LogP contribution in [0.25, 0.3) is 0 Å². The average Bonchev–Trinajstić information content (AvgIpc) is 2.45. The molecule has 0 bridgehead atoms. The Bertz CT molecular complexity index is 605. The van der Waals surface area contributed by atoms with Crippen LogP contribution in [-0.2, 0) is 4.74 Å². The number of piperazine rings is 1. The Hall–Kier alpha value is -2.31. The van der Waals surface area contributed by atoms with Gasteiger partial charge in [-0.2, -0.15) is 0 Å². The number of nitrogens with zero attached hydrogens (tertiary/aromatic N) is 2. The standard InChI is InChI=1S/C16H22FN3O3/c1-16(2,3)23-15(22)20-8-6-19(7-9-20)13-5-4-11(14(18)21)10-12(13)17/h4-5,10H,6-9H2,1-3H3,(H2,18,21). The molecule has 6 nitrogen and oxygen atoms in total. The molecule has 1 aromatic rings. The molecule has 0 unspecified atom stereocenters. The number of halogens is 1. The number of rotatable bonds is 2. The molecule has 1 fully saturated rings. The van der Waals surface area contributed by atoms with Gasteiger partial charge in [-0.1, -0.05) is 0 Å². The second-order valence-corrected chi connectivity index (χ2v) is 6.48. The van der Waals surface area contributed by atoms with E-state index >= 15 is 0 Å². The molecule has 0 spiro atoms. The van der Waals surface area contributed by atoms with E-state index in [1.165, 1.54) is 6.07 Å². The molecule has 2 rings (SSSR count). The molecular weight excluding hydrogens is 301 g/mol. The molecule has 1 heterocycles. The second-order valence-electron chi connectivity index (χ2n) is 6.48. The summed E-state index contributed by atoms with van der Waals surface area (Å²) in [6.45, 7) is 7.33. The van der Waals surface area contributed by atoms with Crippen LogP contribution in [0.5, 0.6) is 0 Å². The Balaban J connectivity index is 1.99. The molecule has 7 heteroatoms. The Morgan fingerprint density at radius 3 is 2.26 bits per heavy atom. The number of benzene rings is 1. The highest BCUT2D eigenvalue weighted by molar-refractivity contribution is 5.93. The fraction of sp³-hybridized carbons (Fsp3) is 0.500. The first kappa shape index (κ1) is 17.1. The van der Waals surface area contributed by atoms with Crippen molar-refractivity contribution >= 4 is 17.7 Å².